The first-order chi connectivity index (χ1) is 7.66. The fourth-order valence-electron chi connectivity index (χ4n) is 2.39. The molecule has 1 N–H and O–H groups in total. The van der Waals surface area contributed by atoms with E-state index in [4.69, 9.17) is 0 Å². The van der Waals surface area contributed by atoms with Crippen LogP contribution in [-0.2, 0) is 0 Å². The molecular weight excluding hydrogens is 198 g/mol. The van der Waals surface area contributed by atoms with Crippen LogP contribution in [0.25, 0.3) is 0 Å². The number of Topliss-reactive ketones (excluding diaryl/α,β-unsaturated/α-hetero) is 1. The number of carbonyl (C=O) groups excluding carboxylic acids is 1. The molecule has 1 fully saturated rings. The molecule has 16 heavy (non-hydrogen) atoms. The van der Waals surface area contributed by atoms with Gasteiger partial charge in [-0.1, -0.05) is 23.6 Å². The number of nitrogens with one attached hydrogen (secondary N) is 1. The lowest BCUT2D eigenvalue weighted by Crippen LogP contribution is -2.40. The van der Waals surface area contributed by atoms with E-state index in [2.05, 4.69) is 11.4 Å². The number of ketones is 1. The Bertz CT molecular complexity index is 371. The topological polar surface area (TPSA) is 29.1 Å². The van der Waals surface area contributed by atoms with Gasteiger partial charge >= 0.3 is 0 Å². The number of aryl methyl sites for hydroxylation is 2. The largest absolute Gasteiger partial charge is 0.307 e. The third kappa shape index (κ3) is 2.50. The van der Waals surface area contributed by atoms with Gasteiger partial charge in [0.15, 0.2) is 5.78 Å². The van der Waals surface area contributed by atoms with E-state index in [0.29, 0.717) is 0 Å². The van der Waals surface area contributed by atoms with Gasteiger partial charge in [0.05, 0.1) is 6.04 Å². The van der Waals surface area contributed by atoms with E-state index in [-0.39, 0.29) is 11.8 Å². The Morgan fingerprint density at radius 2 is 1.88 bits per heavy atom. The normalized spacial score (nSPS) is 20.8. The molecule has 1 aromatic carbocycles. The van der Waals surface area contributed by atoms with Crippen molar-refractivity contribution >= 4 is 5.78 Å². The second-order valence-electron chi connectivity index (χ2n) is 4.74. The summed E-state index contributed by atoms with van der Waals surface area (Å²) in [5, 5.41) is 3.31. The van der Waals surface area contributed by atoms with E-state index in [9.17, 15) is 4.79 Å². The first-order valence-corrected chi connectivity index (χ1v) is 6.03. The van der Waals surface area contributed by atoms with Crippen LogP contribution in [0.15, 0.2) is 18.2 Å². The van der Waals surface area contributed by atoms with Gasteiger partial charge in [-0.05, 0) is 45.4 Å². The van der Waals surface area contributed by atoms with Crippen LogP contribution >= 0.6 is 0 Å². The Labute approximate surface area is 97.1 Å². The second-order valence-corrected chi connectivity index (χ2v) is 4.74. The highest BCUT2D eigenvalue weighted by Gasteiger charge is 2.21. The Hall–Kier alpha value is -1.15. The van der Waals surface area contributed by atoms with E-state index in [1.807, 2.05) is 26.0 Å². The van der Waals surface area contributed by atoms with Crippen LogP contribution in [0.5, 0.6) is 0 Å². The number of benzene rings is 1. The van der Waals surface area contributed by atoms with Crippen molar-refractivity contribution in [1.82, 2.24) is 5.32 Å². The van der Waals surface area contributed by atoms with Gasteiger partial charge < -0.3 is 5.32 Å². The van der Waals surface area contributed by atoms with Gasteiger partial charge in [0.1, 0.15) is 0 Å². The predicted molar refractivity (Wildman–Crippen MR) is 65.9 cm³/mol. The number of rotatable bonds is 2. The van der Waals surface area contributed by atoms with Gasteiger partial charge in [-0.25, -0.2) is 0 Å². The number of hydrogen-bond acceptors (Lipinski definition) is 2. The van der Waals surface area contributed by atoms with Crippen LogP contribution in [0.4, 0.5) is 0 Å². The lowest BCUT2D eigenvalue weighted by atomic mass is 9.94. The molecule has 1 saturated heterocycles. The zero-order valence-electron chi connectivity index (χ0n) is 10.0. The second kappa shape index (κ2) is 4.79. The molecule has 0 aliphatic carbocycles. The van der Waals surface area contributed by atoms with Crippen molar-refractivity contribution in [3.63, 3.8) is 0 Å². The van der Waals surface area contributed by atoms with Crippen molar-refractivity contribution < 1.29 is 4.79 Å². The summed E-state index contributed by atoms with van der Waals surface area (Å²) < 4.78 is 0. The lowest BCUT2D eigenvalue weighted by molar-refractivity contribution is 0.0927. The van der Waals surface area contributed by atoms with Crippen LogP contribution in [0, 0.1) is 13.8 Å². The summed E-state index contributed by atoms with van der Waals surface area (Å²) in [6.07, 6.45) is 3.33. The lowest BCUT2D eigenvalue weighted by Gasteiger charge is -2.22. The Balaban J connectivity index is 2.19. The standard InChI is InChI=1S/C14H19NO/c1-10-7-11(2)9-12(8-10)14(16)13-5-3-4-6-15-13/h7-9,13,15H,3-6H2,1-2H3. The molecule has 1 aliphatic rings. The fraction of sp³-hybridized carbons (Fsp3) is 0.500. The molecule has 86 valence electrons. The molecule has 0 radical (unpaired) electrons. The van der Waals surface area contributed by atoms with Gasteiger partial charge in [0, 0.05) is 5.56 Å². The fourth-order valence-corrected chi connectivity index (χ4v) is 2.39. The van der Waals surface area contributed by atoms with Gasteiger partial charge in [-0.2, -0.15) is 0 Å². The minimum atomic E-state index is 0.0370. The van der Waals surface area contributed by atoms with Crippen molar-refractivity contribution in [2.75, 3.05) is 6.54 Å². The highest BCUT2D eigenvalue weighted by Crippen LogP contribution is 2.15. The molecule has 0 aromatic heterocycles. The summed E-state index contributed by atoms with van der Waals surface area (Å²) in [7, 11) is 0. The SMILES string of the molecule is Cc1cc(C)cc(C(=O)C2CCCCN2)c1. The minimum absolute atomic E-state index is 0.0370. The average molecular weight is 217 g/mol. The third-order valence-electron chi connectivity index (χ3n) is 3.13. The Morgan fingerprint density at radius 1 is 1.19 bits per heavy atom. The summed E-state index contributed by atoms with van der Waals surface area (Å²) in [5.41, 5.74) is 3.19. The van der Waals surface area contributed by atoms with E-state index in [1.165, 1.54) is 17.5 Å². The molecular formula is C14H19NO. The molecule has 2 rings (SSSR count). The Morgan fingerprint density at radius 3 is 2.44 bits per heavy atom. The number of carbonyl (C=O) groups is 1. The van der Waals surface area contributed by atoms with Crippen LogP contribution < -0.4 is 5.32 Å². The molecule has 2 heteroatoms. The number of piperidine rings is 1. The summed E-state index contributed by atoms with van der Waals surface area (Å²) >= 11 is 0. The van der Waals surface area contributed by atoms with Crippen LogP contribution in [0.1, 0.15) is 40.7 Å². The van der Waals surface area contributed by atoms with Crippen molar-refractivity contribution in [2.45, 2.75) is 39.2 Å². The molecule has 0 amide bonds. The van der Waals surface area contributed by atoms with Crippen LogP contribution in [-0.4, -0.2) is 18.4 Å². The quantitative estimate of drug-likeness (QED) is 0.772. The molecule has 1 unspecified atom stereocenters. The van der Waals surface area contributed by atoms with Gasteiger partial charge in [0.2, 0.25) is 0 Å². The third-order valence-corrected chi connectivity index (χ3v) is 3.13. The Kier molecular flexibility index (Phi) is 3.39. The molecule has 1 aliphatic heterocycles. The van der Waals surface area contributed by atoms with Crippen molar-refractivity contribution in [3.8, 4) is 0 Å². The van der Waals surface area contributed by atoms with Crippen molar-refractivity contribution in [1.29, 1.82) is 0 Å². The zero-order valence-corrected chi connectivity index (χ0v) is 10.0. The first kappa shape index (κ1) is 11.3. The molecule has 0 spiro atoms. The monoisotopic (exact) mass is 217 g/mol. The van der Waals surface area contributed by atoms with Crippen LogP contribution in [0.3, 0.4) is 0 Å². The van der Waals surface area contributed by atoms with Crippen molar-refractivity contribution in [3.05, 3.63) is 34.9 Å². The maximum absolute atomic E-state index is 12.2. The van der Waals surface area contributed by atoms with E-state index < -0.39 is 0 Å². The highest BCUT2D eigenvalue weighted by atomic mass is 16.1. The maximum Gasteiger partial charge on any atom is 0.179 e. The zero-order chi connectivity index (χ0) is 11.5. The number of hydrogen-bond donors (Lipinski definition) is 1. The molecule has 1 atom stereocenters. The summed E-state index contributed by atoms with van der Waals surface area (Å²) in [6.45, 7) is 5.05. The van der Waals surface area contributed by atoms with Crippen LogP contribution in [0.2, 0.25) is 0 Å². The molecule has 0 bridgehead atoms. The van der Waals surface area contributed by atoms with Gasteiger partial charge in [0.25, 0.3) is 0 Å². The minimum Gasteiger partial charge on any atom is -0.307 e. The predicted octanol–water partition coefficient (Wildman–Crippen LogP) is 2.63. The summed E-state index contributed by atoms with van der Waals surface area (Å²) in [6, 6.07) is 6.12. The van der Waals surface area contributed by atoms with Gasteiger partial charge in [-0.15, -0.1) is 0 Å². The first-order valence-electron chi connectivity index (χ1n) is 6.03. The molecule has 0 saturated carbocycles. The van der Waals surface area contributed by atoms with E-state index in [0.717, 1.165) is 24.9 Å². The maximum atomic E-state index is 12.2. The van der Waals surface area contributed by atoms with Crippen molar-refractivity contribution in [2.24, 2.45) is 0 Å². The molecule has 1 aromatic rings. The average Bonchev–Trinajstić information content (AvgIpc) is 2.28. The van der Waals surface area contributed by atoms with Gasteiger partial charge in [-0.3, -0.25) is 4.79 Å². The molecule has 2 nitrogen and oxygen atoms in total. The summed E-state index contributed by atoms with van der Waals surface area (Å²) in [4.78, 5) is 12.2. The van der Waals surface area contributed by atoms with E-state index >= 15 is 0 Å². The highest BCUT2D eigenvalue weighted by molar-refractivity contribution is 6.00. The summed E-state index contributed by atoms with van der Waals surface area (Å²) in [5.74, 6) is 0.256. The van der Waals surface area contributed by atoms with E-state index in [1.54, 1.807) is 0 Å². The molecule has 1 heterocycles. The smallest absolute Gasteiger partial charge is 0.179 e.